The van der Waals surface area contributed by atoms with Gasteiger partial charge in [0, 0.05) is 38.7 Å². The Labute approximate surface area is 126 Å². The van der Waals surface area contributed by atoms with Crippen molar-refractivity contribution >= 4 is 11.8 Å². The number of piperidine rings is 1. The molecule has 1 saturated carbocycles. The lowest BCUT2D eigenvalue weighted by atomic mass is 9.67. The van der Waals surface area contributed by atoms with E-state index in [9.17, 15) is 9.59 Å². The van der Waals surface area contributed by atoms with Gasteiger partial charge in [-0.2, -0.15) is 0 Å². The molecular weight excluding hydrogens is 270 g/mol. The van der Waals surface area contributed by atoms with E-state index in [0.29, 0.717) is 32.6 Å². The maximum Gasteiger partial charge on any atom is 0.230 e. The van der Waals surface area contributed by atoms with Crippen LogP contribution < -0.4 is 11.1 Å². The lowest BCUT2D eigenvalue weighted by molar-refractivity contribution is -0.149. The van der Waals surface area contributed by atoms with Crippen molar-refractivity contribution in [3.05, 3.63) is 0 Å². The van der Waals surface area contributed by atoms with Gasteiger partial charge in [0.15, 0.2) is 0 Å². The van der Waals surface area contributed by atoms with E-state index in [1.807, 2.05) is 4.90 Å². The highest BCUT2D eigenvalue weighted by Gasteiger charge is 2.45. The third-order valence-electron chi connectivity index (χ3n) is 4.94. The average Bonchev–Trinajstić information content (AvgIpc) is 2.47. The molecule has 0 aromatic rings. The van der Waals surface area contributed by atoms with Gasteiger partial charge in [-0.25, -0.2) is 0 Å². The molecule has 1 saturated heterocycles. The Kier molecular flexibility index (Phi) is 5.58. The molecule has 2 amide bonds. The van der Waals surface area contributed by atoms with Crippen LogP contribution in [0.2, 0.25) is 0 Å². The van der Waals surface area contributed by atoms with Crippen molar-refractivity contribution in [2.45, 2.75) is 38.5 Å². The number of likely N-dealkylation sites (tertiary alicyclic amines) is 1. The zero-order chi connectivity index (χ0) is 15.3. The fraction of sp³-hybridized carbons (Fsp3) is 0.867. The molecule has 6 heteroatoms. The number of aliphatic hydroxyl groups is 1. The normalized spacial score (nSPS) is 21.7. The van der Waals surface area contributed by atoms with Crippen molar-refractivity contribution in [1.29, 1.82) is 0 Å². The fourth-order valence-electron chi connectivity index (χ4n) is 3.22. The molecule has 0 atom stereocenters. The van der Waals surface area contributed by atoms with E-state index in [2.05, 4.69) is 5.32 Å². The molecule has 0 spiro atoms. The Morgan fingerprint density at radius 1 is 1.29 bits per heavy atom. The second kappa shape index (κ2) is 7.22. The summed E-state index contributed by atoms with van der Waals surface area (Å²) >= 11 is 0. The lowest BCUT2D eigenvalue weighted by Gasteiger charge is -2.44. The molecule has 0 radical (unpaired) electrons. The van der Waals surface area contributed by atoms with Gasteiger partial charge >= 0.3 is 0 Å². The number of nitrogens with one attached hydrogen (secondary N) is 1. The van der Waals surface area contributed by atoms with Crippen molar-refractivity contribution in [3.63, 3.8) is 0 Å². The first-order chi connectivity index (χ1) is 10.1. The quantitative estimate of drug-likeness (QED) is 0.594. The van der Waals surface area contributed by atoms with Crippen LogP contribution in [0.1, 0.15) is 38.5 Å². The second-order valence-corrected chi connectivity index (χ2v) is 6.27. The molecule has 6 nitrogen and oxygen atoms in total. The average molecular weight is 297 g/mol. The number of hydrogen-bond acceptors (Lipinski definition) is 4. The van der Waals surface area contributed by atoms with Crippen LogP contribution >= 0.6 is 0 Å². The molecule has 1 aliphatic carbocycles. The number of rotatable bonds is 6. The van der Waals surface area contributed by atoms with Gasteiger partial charge < -0.3 is 21.1 Å². The predicted molar refractivity (Wildman–Crippen MR) is 79.4 cm³/mol. The standard InChI is InChI=1S/C15H27N3O3/c16-11-15(5-1-6-15)14(21)18-8-3-12(4-9-18)13(20)17-7-2-10-19/h12,19H,1-11,16H2,(H,17,20). The zero-order valence-corrected chi connectivity index (χ0v) is 12.6. The molecule has 2 rings (SSSR count). The summed E-state index contributed by atoms with van der Waals surface area (Å²) in [7, 11) is 0. The smallest absolute Gasteiger partial charge is 0.230 e. The molecule has 120 valence electrons. The van der Waals surface area contributed by atoms with Gasteiger partial charge in [0.25, 0.3) is 0 Å². The summed E-state index contributed by atoms with van der Waals surface area (Å²) in [6.07, 6.45) is 4.93. The number of carbonyl (C=O) groups excluding carboxylic acids is 2. The maximum atomic E-state index is 12.5. The van der Waals surface area contributed by atoms with Gasteiger partial charge in [-0.15, -0.1) is 0 Å². The second-order valence-electron chi connectivity index (χ2n) is 6.27. The first-order valence-electron chi connectivity index (χ1n) is 8.01. The molecule has 4 N–H and O–H groups in total. The molecule has 21 heavy (non-hydrogen) atoms. The summed E-state index contributed by atoms with van der Waals surface area (Å²) < 4.78 is 0. The predicted octanol–water partition coefficient (Wildman–Crippen LogP) is -0.147. The van der Waals surface area contributed by atoms with E-state index in [-0.39, 0.29) is 29.8 Å². The molecule has 0 unspecified atom stereocenters. The van der Waals surface area contributed by atoms with Crippen LogP contribution in [0.3, 0.4) is 0 Å². The van der Waals surface area contributed by atoms with E-state index in [4.69, 9.17) is 10.8 Å². The topological polar surface area (TPSA) is 95.7 Å². The Morgan fingerprint density at radius 2 is 1.95 bits per heavy atom. The summed E-state index contributed by atoms with van der Waals surface area (Å²) in [5.74, 6) is 0.228. The minimum Gasteiger partial charge on any atom is -0.396 e. The van der Waals surface area contributed by atoms with E-state index in [1.54, 1.807) is 0 Å². The minimum atomic E-state index is -0.309. The Morgan fingerprint density at radius 3 is 2.43 bits per heavy atom. The van der Waals surface area contributed by atoms with Crippen LogP contribution in [0.4, 0.5) is 0 Å². The van der Waals surface area contributed by atoms with Crippen molar-refractivity contribution in [1.82, 2.24) is 10.2 Å². The van der Waals surface area contributed by atoms with E-state index in [1.165, 1.54) is 0 Å². The van der Waals surface area contributed by atoms with Crippen LogP contribution in [0.15, 0.2) is 0 Å². The van der Waals surface area contributed by atoms with Crippen molar-refractivity contribution in [2.24, 2.45) is 17.1 Å². The highest BCUT2D eigenvalue weighted by molar-refractivity contribution is 5.84. The van der Waals surface area contributed by atoms with Crippen LogP contribution in [0.5, 0.6) is 0 Å². The number of amides is 2. The molecule has 2 aliphatic rings. The van der Waals surface area contributed by atoms with E-state index in [0.717, 1.165) is 32.1 Å². The Hall–Kier alpha value is -1.14. The van der Waals surface area contributed by atoms with Crippen molar-refractivity contribution in [3.8, 4) is 0 Å². The zero-order valence-electron chi connectivity index (χ0n) is 12.6. The highest BCUT2D eigenvalue weighted by Crippen LogP contribution is 2.42. The molecule has 0 bridgehead atoms. The number of carbonyl (C=O) groups is 2. The Balaban J connectivity index is 1.77. The summed E-state index contributed by atoms with van der Waals surface area (Å²) in [5, 5.41) is 11.5. The third-order valence-corrected chi connectivity index (χ3v) is 4.94. The molecule has 1 aliphatic heterocycles. The summed E-state index contributed by atoms with van der Waals surface area (Å²) in [6, 6.07) is 0. The first-order valence-corrected chi connectivity index (χ1v) is 8.01. The maximum absolute atomic E-state index is 12.5. The van der Waals surface area contributed by atoms with Crippen LogP contribution in [-0.4, -0.2) is 54.6 Å². The molecule has 0 aromatic heterocycles. The van der Waals surface area contributed by atoms with E-state index < -0.39 is 0 Å². The fourth-order valence-corrected chi connectivity index (χ4v) is 3.22. The monoisotopic (exact) mass is 297 g/mol. The number of hydrogen-bond donors (Lipinski definition) is 3. The van der Waals surface area contributed by atoms with Gasteiger partial charge in [-0.05, 0) is 32.1 Å². The highest BCUT2D eigenvalue weighted by atomic mass is 16.3. The van der Waals surface area contributed by atoms with Crippen molar-refractivity contribution in [2.75, 3.05) is 32.8 Å². The van der Waals surface area contributed by atoms with Gasteiger partial charge in [0.2, 0.25) is 11.8 Å². The third kappa shape index (κ3) is 3.55. The molecular formula is C15H27N3O3. The van der Waals surface area contributed by atoms with Crippen LogP contribution in [-0.2, 0) is 9.59 Å². The Bertz CT molecular complexity index is 369. The first kappa shape index (κ1) is 16.2. The number of aliphatic hydroxyl groups excluding tert-OH is 1. The molecule has 1 heterocycles. The van der Waals surface area contributed by atoms with Gasteiger partial charge in [-0.1, -0.05) is 6.42 Å². The largest absolute Gasteiger partial charge is 0.396 e. The summed E-state index contributed by atoms with van der Waals surface area (Å²) in [5.41, 5.74) is 5.48. The van der Waals surface area contributed by atoms with Gasteiger partial charge in [0.05, 0.1) is 5.41 Å². The van der Waals surface area contributed by atoms with Gasteiger partial charge in [-0.3, -0.25) is 9.59 Å². The van der Waals surface area contributed by atoms with Crippen molar-refractivity contribution < 1.29 is 14.7 Å². The lowest BCUT2D eigenvalue weighted by Crippen LogP contribution is -2.54. The number of nitrogens with two attached hydrogens (primary N) is 1. The number of nitrogens with zero attached hydrogens (tertiary/aromatic N) is 1. The van der Waals surface area contributed by atoms with Crippen LogP contribution in [0.25, 0.3) is 0 Å². The minimum absolute atomic E-state index is 0.0111. The van der Waals surface area contributed by atoms with Gasteiger partial charge in [0.1, 0.15) is 0 Å². The summed E-state index contributed by atoms with van der Waals surface area (Å²) in [6.45, 7) is 2.35. The molecule has 0 aromatic carbocycles. The van der Waals surface area contributed by atoms with Crippen LogP contribution in [0, 0.1) is 11.3 Å². The van der Waals surface area contributed by atoms with E-state index >= 15 is 0 Å². The summed E-state index contributed by atoms with van der Waals surface area (Å²) in [4.78, 5) is 26.4. The molecule has 2 fully saturated rings. The SMILES string of the molecule is NCC1(C(=O)N2CCC(C(=O)NCCCO)CC2)CCC1.